The van der Waals surface area contributed by atoms with Crippen LogP contribution in [0.2, 0.25) is 0 Å². The topological polar surface area (TPSA) is 363 Å². The van der Waals surface area contributed by atoms with Gasteiger partial charge in [-0.15, -0.1) is 0 Å². The molecule has 0 saturated carbocycles. The molecule has 0 aliphatic heterocycles. The Labute approximate surface area is 724 Å². The number of rotatable bonds is 18. The molecule has 0 atom stereocenters. The van der Waals surface area contributed by atoms with Gasteiger partial charge in [0.25, 0.3) is 0 Å². The maximum Gasteiger partial charge on any atom is 1.00 e. The van der Waals surface area contributed by atoms with E-state index in [0.29, 0.717) is 111 Å². The number of Topliss-reactive ketones (excluding diaryl/α,β-unsaturated/α-hetero) is 2. The van der Waals surface area contributed by atoms with E-state index in [4.69, 9.17) is 33.5 Å². The van der Waals surface area contributed by atoms with Crippen LogP contribution in [0.3, 0.4) is 0 Å². The molecule has 10 aromatic carbocycles. The Morgan fingerprint density at radius 3 is 1.05 bits per heavy atom. The summed E-state index contributed by atoms with van der Waals surface area (Å²) in [5.41, 5.74) is 12.5. The molecule has 0 unspecified atom stereocenters. The molecule has 9 N–H and O–H groups in total. The molecular formula is C94H117NaO22S2. The summed E-state index contributed by atoms with van der Waals surface area (Å²) in [6, 6.07) is 40.0. The Hall–Kier alpha value is -10.4. The van der Waals surface area contributed by atoms with E-state index in [9.17, 15) is 71.8 Å². The first kappa shape index (κ1) is 103. The van der Waals surface area contributed by atoms with Crippen LogP contribution in [0.1, 0.15) is 190 Å². The number of aryl methyl sites for hydroxylation is 11. The third kappa shape index (κ3) is 29.2. The van der Waals surface area contributed by atoms with E-state index >= 15 is 0 Å². The number of ketones is 2. The average Bonchev–Trinajstić information content (AvgIpc) is 0.746. The van der Waals surface area contributed by atoms with Crippen molar-refractivity contribution >= 4 is 31.5 Å². The van der Waals surface area contributed by atoms with E-state index in [1.54, 1.807) is 142 Å². The summed E-state index contributed by atoms with van der Waals surface area (Å²) in [4.78, 5) is 22.0. The van der Waals surface area contributed by atoms with Gasteiger partial charge in [-0.2, -0.15) is 0 Å². The standard InChI is InChI=1S/C24H34O4.C17H20O4.C14H14O3S.C12H18O3.C10H12O2.C9H10O2.C8H10O4S.Na/c1-14(17-10-15(27-8)12-19(21(17)25)23(2,3)4)18-11-16(28-9)13-20(22(18)26)24(5,6)7;1-10-5-14(20-3)8-12(16(10)18)7-13-9-15(21-4)6-11(2)17(13)19;1-10-8-13(9-11(2)14(10)15)18(16,17)12-6-4-3-5-7-12;1-4-14-5-6-15-11-7-9(2)12(13)10(3)8-11;1-6-4-9(8(3)11)5-7(2)10(6)12;1-6-5-8(7(2)10)3-4-9(6)11;1-5-3-7(13(10,11)12)4-6(2)8(5)9;/h10-14,25-26H,1-9H3;5-6,8-9,18-19H,7H2,1-4H3;3-9,15H,1-2H3;7-8,13H,4-6H2,1-3H3;4-5,12H,1-3H3;3-5,11H,1-2H3;3-4,9H,1-2H3,(H,10,11,12);/q;;;;;;;+1/p-1. The van der Waals surface area contributed by atoms with Crippen molar-refractivity contribution in [1.82, 2.24) is 0 Å². The van der Waals surface area contributed by atoms with Crippen LogP contribution in [0.15, 0.2) is 160 Å². The molecule has 10 aromatic rings. The minimum Gasteiger partial charge on any atom is -0.744 e. The van der Waals surface area contributed by atoms with Gasteiger partial charge in [0.15, 0.2) is 11.6 Å². The number of benzene rings is 10. The summed E-state index contributed by atoms with van der Waals surface area (Å²) in [6.07, 6.45) is 0.397. The van der Waals surface area contributed by atoms with Crippen molar-refractivity contribution in [2.45, 2.75) is 183 Å². The quantitative estimate of drug-likeness (QED) is 0.0167. The molecule has 22 nitrogen and oxygen atoms in total. The summed E-state index contributed by atoms with van der Waals surface area (Å²) in [5, 5.41) is 89.6. The monoisotopic (exact) mass is 1680 g/mol. The summed E-state index contributed by atoms with van der Waals surface area (Å²) in [6.45, 7) is 40.2. The Kier molecular flexibility index (Phi) is 38.9. The maximum absolute atomic E-state index is 12.4. The van der Waals surface area contributed by atoms with E-state index in [0.717, 1.165) is 68.0 Å². The molecule has 0 radical (unpaired) electrons. The number of ether oxygens (including phenoxy) is 6. The summed E-state index contributed by atoms with van der Waals surface area (Å²) in [7, 11) is -1.53. The molecule has 25 heteroatoms. The van der Waals surface area contributed by atoms with Crippen LogP contribution in [-0.2, 0) is 41.9 Å². The van der Waals surface area contributed by atoms with Crippen molar-refractivity contribution in [3.05, 3.63) is 251 Å². The smallest absolute Gasteiger partial charge is 0.744 e. The van der Waals surface area contributed by atoms with Crippen molar-refractivity contribution in [2.75, 3.05) is 48.3 Å². The number of hydrogen-bond acceptors (Lipinski definition) is 22. The Morgan fingerprint density at radius 2 is 0.714 bits per heavy atom. The first-order valence-electron chi connectivity index (χ1n) is 37.8. The van der Waals surface area contributed by atoms with Crippen molar-refractivity contribution in [3.63, 3.8) is 0 Å². The number of methoxy groups -OCH3 is 4. The zero-order valence-electron chi connectivity index (χ0n) is 73.4. The third-order valence-electron chi connectivity index (χ3n) is 19.1. The second-order valence-corrected chi connectivity index (χ2v) is 34.0. The van der Waals surface area contributed by atoms with Gasteiger partial charge >= 0.3 is 29.6 Å². The van der Waals surface area contributed by atoms with Crippen molar-refractivity contribution < 1.29 is 135 Å². The van der Waals surface area contributed by atoms with Crippen LogP contribution in [0.25, 0.3) is 0 Å². The van der Waals surface area contributed by atoms with Gasteiger partial charge in [0.2, 0.25) is 9.84 Å². The van der Waals surface area contributed by atoms with Crippen LogP contribution in [0.5, 0.6) is 80.5 Å². The molecule has 0 amide bonds. The predicted octanol–water partition coefficient (Wildman–Crippen LogP) is 16.5. The average molecular weight is 1690 g/mol. The van der Waals surface area contributed by atoms with Crippen LogP contribution < -0.4 is 53.2 Å². The Morgan fingerprint density at radius 1 is 0.387 bits per heavy atom. The fraction of sp³-hybridized carbons (Fsp3) is 0.340. The van der Waals surface area contributed by atoms with E-state index in [1.807, 2.05) is 77.9 Å². The van der Waals surface area contributed by atoms with Crippen LogP contribution >= 0.6 is 0 Å². The van der Waals surface area contributed by atoms with Gasteiger partial charge in [0.1, 0.15) is 97.2 Å². The normalized spacial score (nSPS) is 10.9. The minimum absolute atomic E-state index is 0. The fourth-order valence-electron chi connectivity index (χ4n) is 12.1. The molecule has 0 fully saturated rings. The molecule has 0 aromatic heterocycles. The van der Waals surface area contributed by atoms with Gasteiger partial charge in [-0.25, -0.2) is 16.8 Å². The van der Waals surface area contributed by atoms with E-state index in [1.165, 1.54) is 45.9 Å². The maximum atomic E-state index is 12.4. The first-order valence-corrected chi connectivity index (χ1v) is 40.7. The minimum atomic E-state index is -4.43. The summed E-state index contributed by atoms with van der Waals surface area (Å²) < 4.78 is 88.7. The van der Waals surface area contributed by atoms with Gasteiger partial charge in [0, 0.05) is 63.5 Å². The Balaban J connectivity index is 0.000000367. The van der Waals surface area contributed by atoms with E-state index < -0.39 is 20.0 Å². The summed E-state index contributed by atoms with van der Waals surface area (Å²) in [5.74, 6) is 5.22. The number of sulfone groups is 1. The first-order chi connectivity index (χ1) is 54.8. The molecular weight excluding hydrogens is 1570 g/mol. The predicted molar refractivity (Wildman–Crippen MR) is 461 cm³/mol. The molecule has 0 spiro atoms. The second-order valence-electron chi connectivity index (χ2n) is 30.6. The molecule has 0 aliphatic rings. The third-order valence-corrected chi connectivity index (χ3v) is 21.6. The summed E-state index contributed by atoms with van der Waals surface area (Å²) >= 11 is 0. The number of carbonyl (C=O) groups excluding carboxylic acids is 2. The Bertz CT molecular complexity index is 5170. The SMILES string of the molecule is CC(=O)c1cc(C)c(O)c(C)c1.CC(=O)c1ccc(O)c(C)c1.CCOCCOc1cc(C)c(O)c(C)c1.COc1cc(C(C)c2cc(OC)cc(C(C)(C)C)c2O)c(O)c(C(C)(C)C)c1.COc1cc(C)c(O)c(Cc2cc(OC)cc(C)c2O)c1.Cc1cc(S(=O)(=O)[O-])cc(C)c1O.Cc1cc(S(=O)(=O)c2ccccc2)cc(C)c1O.[Na+]. The molecule has 119 heavy (non-hydrogen) atoms. The van der Waals surface area contributed by atoms with E-state index in [-0.39, 0.29) is 119 Å². The largest absolute Gasteiger partial charge is 1.00 e. The fourth-order valence-corrected chi connectivity index (χ4v) is 14.2. The number of carbonyl (C=O) groups is 2. The molecule has 638 valence electrons. The van der Waals surface area contributed by atoms with Gasteiger partial charge in [-0.05, 0) is 296 Å². The zero-order chi connectivity index (χ0) is 89.6. The number of phenols is 9. The number of phenolic OH excluding ortho intramolecular Hbond substituents is 9. The van der Waals surface area contributed by atoms with Crippen molar-refractivity contribution in [2.24, 2.45) is 0 Å². The number of hydrogen-bond donors (Lipinski definition) is 9. The van der Waals surface area contributed by atoms with E-state index in [2.05, 4.69) is 41.5 Å². The molecule has 10 rings (SSSR count). The molecule has 0 aliphatic carbocycles. The van der Waals surface area contributed by atoms with Gasteiger partial charge < -0.3 is 78.9 Å². The van der Waals surface area contributed by atoms with Gasteiger partial charge in [-0.1, -0.05) is 66.7 Å². The zero-order valence-corrected chi connectivity index (χ0v) is 77.0. The number of aromatic hydroxyl groups is 9. The molecule has 0 heterocycles. The molecule has 0 saturated heterocycles. The van der Waals surface area contributed by atoms with Gasteiger partial charge in [0.05, 0.1) is 49.7 Å². The van der Waals surface area contributed by atoms with Crippen LogP contribution in [0, 0.1) is 76.2 Å². The van der Waals surface area contributed by atoms with Crippen molar-refractivity contribution in [1.29, 1.82) is 0 Å². The van der Waals surface area contributed by atoms with Gasteiger partial charge in [-0.3, -0.25) is 9.59 Å². The molecule has 0 bridgehead atoms. The van der Waals surface area contributed by atoms with Crippen LogP contribution in [-0.4, -0.2) is 127 Å². The van der Waals surface area contributed by atoms with Crippen LogP contribution in [0.4, 0.5) is 0 Å². The van der Waals surface area contributed by atoms with Crippen molar-refractivity contribution in [3.8, 4) is 80.5 Å². The second kappa shape index (κ2) is 45.1.